The van der Waals surface area contributed by atoms with Gasteiger partial charge in [-0.2, -0.15) is 4.98 Å². The van der Waals surface area contributed by atoms with Crippen LogP contribution in [0, 0.1) is 18.8 Å². The fourth-order valence-electron chi connectivity index (χ4n) is 6.90. The van der Waals surface area contributed by atoms with Gasteiger partial charge < -0.3 is 10.2 Å². The average molecular weight is 601 g/mol. The van der Waals surface area contributed by atoms with E-state index in [1.54, 1.807) is 0 Å². The highest BCUT2D eigenvalue weighted by Crippen LogP contribution is 2.35. The first-order valence-corrected chi connectivity index (χ1v) is 15.1. The molecule has 1 aromatic carbocycles. The SMILES string of the molecule is Cc1c(Br)c(=O)n(C2CCCC2)c2nc(Nc3ccc(N4CC5CN(Cc6ccccc6)CC5C4)cn3)ncc12. The van der Waals surface area contributed by atoms with Crippen LogP contribution >= 0.6 is 15.9 Å². The summed E-state index contributed by atoms with van der Waals surface area (Å²) in [5.74, 6) is 2.55. The summed E-state index contributed by atoms with van der Waals surface area (Å²) in [5.41, 5.74) is 4.11. The number of nitrogens with zero attached hydrogens (tertiary/aromatic N) is 6. The van der Waals surface area contributed by atoms with Crippen molar-refractivity contribution in [2.24, 2.45) is 11.8 Å². The summed E-state index contributed by atoms with van der Waals surface area (Å²) in [6.07, 6.45) is 8.05. The first-order chi connectivity index (χ1) is 19.5. The Hall–Kier alpha value is -3.30. The Morgan fingerprint density at radius 2 is 1.70 bits per heavy atom. The van der Waals surface area contributed by atoms with E-state index < -0.39 is 0 Å². The van der Waals surface area contributed by atoms with Crippen molar-refractivity contribution in [2.75, 3.05) is 36.4 Å². The smallest absolute Gasteiger partial charge is 0.267 e. The molecule has 206 valence electrons. The zero-order chi connectivity index (χ0) is 27.2. The molecule has 8 nitrogen and oxygen atoms in total. The molecule has 9 heteroatoms. The molecule has 2 aliphatic heterocycles. The van der Waals surface area contributed by atoms with Gasteiger partial charge in [-0.25, -0.2) is 9.97 Å². The topological polar surface area (TPSA) is 79.2 Å². The lowest BCUT2D eigenvalue weighted by Crippen LogP contribution is -2.28. The van der Waals surface area contributed by atoms with Crippen LogP contribution in [0.5, 0.6) is 0 Å². The van der Waals surface area contributed by atoms with Gasteiger partial charge in [0.1, 0.15) is 11.5 Å². The molecule has 1 saturated carbocycles. The number of pyridine rings is 2. The van der Waals surface area contributed by atoms with Gasteiger partial charge in [0.15, 0.2) is 0 Å². The van der Waals surface area contributed by atoms with Crippen molar-refractivity contribution in [3.8, 4) is 0 Å². The highest BCUT2D eigenvalue weighted by atomic mass is 79.9. The fourth-order valence-corrected chi connectivity index (χ4v) is 7.30. The number of rotatable bonds is 6. The molecule has 0 radical (unpaired) electrons. The number of hydrogen-bond donors (Lipinski definition) is 1. The summed E-state index contributed by atoms with van der Waals surface area (Å²) < 4.78 is 2.47. The summed E-state index contributed by atoms with van der Waals surface area (Å²) >= 11 is 3.52. The van der Waals surface area contributed by atoms with Gasteiger partial charge in [0, 0.05) is 50.3 Å². The second-order valence-electron chi connectivity index (χ2n) is 11.6. The van der Waals surface area contributed by atoms with E-state index in [-0.39, 0.29) is 11.6 Å². The molecule has 3 aliphatic rings. The first-order valence-electron chi connectivity index (χ1n) is 14.3. The van der Waals surface area contributed by atoms with Gasteiger partial charge in [-0.15, -0.1) is 0 Å². The monoisotopic (exact) mass is 599 g/mol. The van der Waals surface area contributed by atoms with Gasteiger partial charge >= 0.3 is 0 Å². The van der Waals surface area contributed by atoms with Crippen molar-refractivity contribution >= 4 is 44.4 Å². The molecule has 5 heterocycles. The zero-order valence-electron chi connectivity index (χ0n) is 22.8. The molecule has 3 fully saturated rings. The molecular formula is C31H34BrN7O. The molecule has 2 unspecified atom stereocenters. The van der Waals surface area contributed by atoms with Gasteiger partial charge in [0.25, 0.3) is 5.56 Å². The van der Waals surface area contributed by atoms with Gasteiger partial charge in [-0.3, -0.25) is 14.3 Å². The van der Waals surface area contributed by atoms with Crippen molar-refractivity contribution in [3.63, 3.8) is 0 Å². The Kier molecular flexibility index (Phi) is 6.79. The number of aryl methyl sites for hydroxylation is 1. The molecule has 40 heavy (non-hydrogen) atoms. The Balaban J connectivity index is 1.04. The maximum absolute atomic E-state index is 13.2. The lowest BCUT2D eigenvalue weighted by Gasteiger charge is -2.23. The molecule has 2 saturated heterocycles. The summed E-state index contributed by atoms with van der Waals surface area (Å²) in [5, 5.41) is 4.17. The molecule has 3 aromatic heterocycles. The van der Waals surface area contributed by atoms with Crippen LogP contribution in [0.4, 0.5) is 17.5 Å². The Bertz CT molecular complexity index is 1570. The van der Waals surface area contributed by atoms with Gasteiger partial charge in [0.2, 0.25) is 5.95 Å². The van der Waals surface area contributed by atoms with E-state index in [0.717, 1.165) is 75.0 Å². The highest BCUT2D eigenvalue weighted by molar-refractivity contribution is 9.10. The van der Waals surface area contributed by atoms with Crippen LogP contribution in [0.2, 0.25) is 0 Å². The lowest BCUT2D eigenvalue weighted by atomic mass is 10.0. The van der Waals surface area contributed by atoms with E-state index in [4.69, 9.17) is 9.97 Å². The van der Waals surface area contributed by atoms with Crippen molar-refractivity contribution in [3.05, 3.63) is 80.8 Å². The number of nitrogens with one attached hydrogen (secondary N) is 1. The van der Waals surface area contributed by atoms with Crippen LogP contribution in [-0.4, -0.2) is 50.6 Å². The van der Waals surface area contributed by atoms with Crippen LogP contribution < -0.4 is 15.8 Å². The Morgan fingerprint density at radius 3 is 2.40 bits per heavy atom. The number of benzene rings is 1. The van der Waals surface area contributed by atoms with E-state index in [2.05, 4.69) is 72.4 Å². The summed E-state index contributed by atoms with van der Waals surface area (Å²) in [6.45, 7) is 7.45. The number of likely N-dealkylation sites (tertiary alicyclic amines) is 1. The third-order valence-corrected chi connectivity index (χ3v) is 9.92. The quantitative estimate of drug-likeness (QED) is 0.305. The van der Waals surface area contributed by atoms with Crippen molar-refractivity contribution < 1.29 is 0 Å². The zero-order valence-corrected chi connectivity index (χ0v) is 24.3. The molecule has 2 atom stereocenters. The third-order valence-electron chi connectivity index (χ3n) is 8.99. The molecule has 4 aromatic rings. The van der Waals surface area contributed by atoms with E-state index in [1.807, 2.05) is 30.0 Å². The lowest BCUT2D eigenvalue weighted by molar-refractivity contribution is 0.309. The predicted molar refractivity (Wildman–Crippen MR) is 162 cm³/mol. The molecule has 1 aliphatic carbocycles. The van der Waals surface area contributed by atoms with Gasteiger partial charge in [0.05, 0.1) is 16.4 Å². The predicted octanol–water partition coefficient (Wildman–Crippen LogP) is 5.68. The average Bonchev–Trinajstić information content (AvgIpc) is 3.71. The third kappa shape index (κ3) is 4.79. The number of fused-ring (bicyclic) bond motifs is 2. The summed E-state index contributed by atoms with van der Waals surface area (Å²) in [4.78, 5) is 32.4. The minimum Gasteiger partial charge on any atom is -0.370 e. The molecule has 0 amide bonds. The highest BCUT2D eigenvalue weighted by Gasteiger charge is 2.40. The van der Waals surface area contributed by atoms with Crippen molar-refractivity contribution in [1.82, 2.24) is 24.4 Å². The number of anilines is 3. The normalized spacial score (nSPS) is 21.4. The molecule has 0 bridgehead atoms. The first kappa shape index (κ1) is 25.7. The van der Waals surface area contributed by atoms with Crippen molar-refractivity contribution in [1.29, 1.82) is 0 Å². The maximum atomic E-state index is 13.2. The largest absolute Gasteiger partial charge is 0.370 e. The van der Waals surface area contributed by atoms with Crippen LogP contribution in [0.3, 0.4) is 0 Å². The number of aromatic nitrogens is 4. The second kappa shape index (κ2) is 10.6. The van der Waals surface area contributed by atoms with E-state index in [0.29, 0.717) is 33.7 Å². The number of halogens is 1. The summed E-state index contributed by atoms with van der Waals surface area (Å²) in [6, 6.07) is 15.1. The summed E-state index contributed by atoms with van der Waals surface area (Å²) in [7, 11) is 0. The second-order valence-corrected chi connectivity index (χ2v) is 12.4. The minimum atomic E-state index is -0.0115. The standard InChI is InChI=1S/C31H34BrN7O/c1-20-26-14-34-31(36-29(26)39(30(40)28(20)32)24-9-5-6-10-24)35-27-12-11-25(13-33-27)38-18-22-16-37(17-23(22)19-38)15-21-7-3-2-4-8-21/h2-4,7-8,11-14,22-24H,5-6,9-10,15-19H2,1H3,(H,33,34,35,36). The van der Waals surface area contributed by atoms with E-state index >= 15 is 0 Å². The molecule has 0 spiro atoms. The molecular weight excluding hydrogens is 566 g/mol. The van der Waals surface area contributed by atoms with E-state index in [1.165, 1.54) is 5.56 Å². The molecule has 7 rings (SSSR count). The van der Waals surface area contributed by atoms with Gasteiger partial charge in [-0.1, -0.05) is 43.2 Å². The Morgan fingerprint density at radius 1 is 0.950 bits per heavy atom. The Labute approximate surface area is 242 Å². The fraction of sp³-hybridized carbons (Fsp3) is 0.419. The molecule has 1 N–H and O–H groups in total. The van der Waals surface area contributed by atoms with E-state index in [9.17, 15) is 4.79 Å². The van der Waals surface area contributed by atoms with Gasteiger partial charge in [-0.05, 0) is 70.8 Å². The van der Waals surface area contributed by atoms with Crippen LogP contribution in [0.15, 0.2) is 64.1 Å². The minimum absolute atomic E-state index is 0.0115. The van der Waals surface area contributed by atoms with Crippen LogP contribution in [0.25, 0.3) is 11.0 Å². The maximum Gasteiger partial charge on any atom is 0.267 e. The van der Waals surface area contributed by atoms with Crippen molar-refractivity contribution in [2.45, 2.75) is 45.2 Å². The van der Waals surface area contributed by atoms with Crippen LogP contribution in [-0.2, 0) is 6.54 Å². The number of hydrogen-bond acceptors (Lipinski definition) is 7. The van der Waals surface area contributed by atoms with Crippen LogP contribution in [0.1, 0.15) is 42.9 Å².